The first-order valence-corrected chi connectivity index (χ1v) is 6.85. The molecule has 1 N–H and O–H groups in total. The van der Waals surface area contributed by atoms with E-state index in [1.165, 1.54) is 12.8 Å². The van der Waals surface area contributed by atoms with Gasteiger partial charge in [0.15, 0.2) is 0 Å². The van der Waals surface area contributed by atoms with Crippen molar-refractivity contribution in [1.29, 1.82) is 0 Å². The molecule has 0 saturated carbocycles. The number of ether oxygens (including phenoxy) is 1. The lowest BCUT2D eigenvalue weighted by Gasteiger charge is -2.23. The van der Waals surface area contributed by atoms with Gasteiger partial charge in [0.25, 0.3) is 0 Å². The van der Waals surface area contributed by atoms with Crippen LogP contribution >= 0.6 is 11.3 Å². The summed E-state index contributed by atoms with van der Waals surface area (Å²) in [7, 11) is 0. The van der Waals surface area contributed by atoms with Crippen molar-refractivity contribution in [1.82, 2.24) is 9.97 Å². The average molecular weight is 249 g/mol. The van der Waals surface area contributed by atoms with Gasteiger partial charge in [-0.2, -0.15) is 0 Å². The van der Waals surface area contributed by atoms with Gasteiger partial charge in [0.1, 0.15) is 17.0 Å². The Bertz CT molecular complexity index is 493. The zero-order valence-electron chi connectivity index (χ0n) is 9.56. The van der Waals surface area contributed by atoms with Gasteiger partial charge >= 0.3 is 0 Å². The Hall–Kier alpha value is -1.20. The number of nitrogens with one attached hydrogen (secondary N) is 1. The molecule has 5 heteroatoms. The van der Waals surface area contributed by atoms with Crippen molar-refractivity contribution in [3.8, 4) is 0 Å². The minimum Gasteiger partial charge on any atom is -0.376 e. The molecule has 3 heterocycles. The standard InChI is InChI=1S/C12H15N3OS/c1-2-5-16-9(3-1)7-13-11-10-4-6-17-12(10)15-8-14-11/h4,6,8-9H,1-3,5,7H2,(H,13,14,15). The molecular formula is C12H15N3OS. The van der Waals surface area contributed by atoms with Crippen molar-refractivity contribution in [2.24, 2.45) is 0 Å². The lowest BCUT2D eigenvalue weighted by Crippen LogP contribution is -2.27. The first kappa shape index (κ1) is 10.9. The van der Waals surface area contributed by atoms with Gasteiger partial charge in [0.05, 0.1) is 11.5 Å². The van der Waals surface area contributed by atoms with Crippen LogP contribution in [0.25, 0.3) is 10.2 Å². The highest BCUT2D eigenvalue weighted by atomic mass is 32.1. The number of nitrogens with zero attached hydrogens (tertiary/aromatic N) is 2. The van der Waals surface area contributed by atoms with Crippen molar-refractivity contribution in [2.75, 3.05) is 18.5 Å². The molecule has 2 aromatic rings. The number of hydrogen-bond donors (Lipinski definition) is 1. The molecular weight excluding hydrogens is 234 g/mol. The fourth-order valence-electron chi connectivity index (χ4n) is 2.11. The Morgan fingerprint density at radius 1 is 1.41 bits per heavy atom. The van der Waals surface area contributed by atoms with E-state index in [9.17, 15) is 0 Å². The maximum absolute atomic E-state index is 5.69. The third-order valence-corrected chi connectivity index (χ3v) is 3.85. The fraction of sp³-hybridized carbons (Fsp3) is 0.500. The van der Waals surface area contributed by atoms with Crippen molar-refractivity contribution < 1.29 is 4.74 Å². The molecule has 1 atom stereocenters. The van der Waals surface area contributed by atoms with Crippen molar-refractivity contribution in [2.45, 2.75) is 25.4 Å². The van der Waals surface area contributed by atoms with Gasteiger partial charge < -0.3 is 10.1 Å². The van der Waals surface area contributed by atoms with Gasteiger partial charge in [-0.1, -0.05) is 0 Å². The number of rotatable bonds is 3. The van der Waals surface area contributed by atoms with E-state index in [1.807, 2.05) is 5.38 Å². The summed E-state index contributed by atoms with van der Waals surface area (Å²) >= 11 is 1.64. The minimum atomic E-state index is 0.326. The van der Waals surface area contributed by atoms with E-state index < -0.39 is 0 Å². The molecule has 0 aromatic carbocycles. The summed E-state index contributed by atoms with van der Waals surface area (Å²) < 4.78 is 5.69. The van der Waals surface area contributed by atoms with Crippen LogP contribution in [-0.4, -0.2) is 29.2 Å². The van der Waals surface area contributed by atoms with Crippen molar-refractivity contribution in [3.63, 3.8) is 0 Å². The molecule has 1 unspecified atom stereocenters. The van der Waals surface area contributed by atoms with Gasteiger partial charge in [0.2, 0.25) is 0 Å². The van der Waals surface area contributed by atoms with Crippen LogP contribution in [0.4, 0.5) is 5.82 Å². The average Bonchev–Trinajstić information content (AvgIpc) is 2.86. The predicted octanol–water partition coefficient (Wildman–Crippen LogP) is 2.67. The van der Waals surface area contributed by atoms with Gasteiger partial charge in [0, 0.05) is 13.2 Å². The van der Waals surface area contributed by atoms with E-state index in [0.29, 0.717) is 6.10 Å². The molecule has 0 bridgehead atoms. The van der Waals surface area contributed by atoms with Gasteiger partial charge in [-0.15, -0.1) is 11.3 Å². The summed E-state index contributed by atoms with van der Waals surface area (Å²) in [4.78, 5) is 9.56. The topological polar surface area (TPSA) is 47.0 Å². The normalized spacial score (nSPS) is 20.6. The van der Waals surface area contributed by atoms with Crippen LogP contribution in [0.5, 0.6) is 0 Å². The molecule has 1 fully saturated rings. The highest BCUT2D eigenvalue weighted by molar-refractivity contribution is 7.16. The van der Waals surface area contributed by atoms with E-state index in [-0.39, 0.29) is 0 Å². The zero-order valence-corrected chi connectivity index (χ0v) is 10.4. The maximum Gasteiger partial charge on any atom is 0.138 e. The number of hydrogen-bond acceptors (Lipinski definition) is 5. The Labute approximate surface area is 104 Å². The molecule has 0 amide bonds. The molecule has 1 aliphatic heterocycles. The van der Waals surface area contributed by atoms with Crippen LogP contribution in [0.15, 0.2) is 17.8 Å². The Morgan fingerprint density at radius 3 is 3.29 bits per heavy atom. The summed E-state index contributed by atoms with van der Waals surface area (Å²) in [6, 6.07) is 2.06. The van der Waals surface area contributed by atoms with E-state index in [4.69, 9.17) is 4.74 Å². The van der Waals surface area contributed by atoms with Gasteiger partial charge in [-0.3, -0.25) is 0 Å². The van der Waals surface area contributed by atoms with Crippen LogP contribution in [-0.2, 0) is 4.74 Å². The van der Waals surface area contributed by atoms with Crippen LogP contribution < -0.4 is 5.32 Å². The van der Waals surface area contributed by atoms with E-state index >= 15 is 0 Å². The van der Waals surface area contributed by atoms with Gasteiger partial charge in [-0.25, -0.2) is 9.97 Å². The third-order valence-electron chi connectivity index (χ3n) is 3.03. The van der Waals surface area contributed by atoms with Crippen LogP contribution in [0.1, 0.15) is 19.3 Å². The number of thiophene rings is 1. The maximum atomic E-state index is 5.69. The van der Waals surface area contributed by atoms with Crippen LogP contribution in [0.2, 0.25) is 0 Å². The molecule has 3 rings (SSSR count). The molecule has 1 aliphatic rings. The summed E-state index contributed by atoms with van der Waals surface area (Å²) in [6.07, 6.45) is 5.55. The second kappa shape index (κ2) is 4.98. The third kappa shape index (κ3) is 2.40. The largest absolute Gasteiger partial charge is 0.376 e. The number of fused-ring (bicyclic) bond motifs is 1. The Kier molecular flexibility index (Phi) is 3.20. The summed E-state index contributed by atoms with van der Waals surface area (Å²) in [5.41, 5.74) is 0. The molecule has 0 radical (unpaired) electrons. The lowest BCUT2D eigenvalue weighted by atomic mass is 10.1. The minimum absolute atomic E-state index is 0.326. The molecule has 2 aromatic heterocycles. The highest BCUT2D eigenvalue weighted by Crippen LogP contribution is 2.24. The lowest BCUT2D eigenvalue weighted by molar-refractivity contribution is 0.0247. The fourth-order valence-corrected chi connectivity index (χ4v) is 2.84. The summed E-state index contributed by atoms with van der Waals surface area (Å²) in [5.74, 6) is 0.922. The monoisotopic (exact) mass is 249 g/mol. The quantitative estimate of drug-likeness (QED) is 0.908. The number of aromatic nitrogens is 2. The van der Waals surface area contributed by atoms with Gasteiger partial charge in [-0.05, 0) is 30.7 Å². The first-order chi connectivity index (χ1) is 8.43. The SMILES string of the molecule is c1nc(NCC2CCCCO2)c2ccsc2n1. The Morgan fingerprint density at radius 2 is 2.41 bits per heavy atom. The molecule has 4 nitrogen and oxygen atoms in total. The first-order valence-electron chi connectivity index (χ1n) is 5.97. The molecule has 0 spiro atoms. The van der Waals surface area contributed by atoms with Crippen molar-refractivity contribution >= 4 is 27.4 Å². The van der Waals surface area contributed by atoms with Crippen LogP contribution in [0, 0.1) is 0 Å². The Balaban J connectivity index is 1.69. The molecule has 90 valence electrons. The smallest absolute Gasteiger partial charge is 0.138 e. The van der Waals surface area contributed by atoms with Crippen molar-refractivity contribution in [3.05, 3.63) is 17.8 Å². The van der Waals surface area contributed by atoms with Crippen LogP contribution in [0.3, 0.4) is 0 Å². The second-order valence-electron chi connectivity index (χ2n) is 4.23. The molecule has 1 saturated heterocycles. The predicted molar refractivity (Wildman–Crippen MR) is 69.5 cm³/mol. The highest BCUT2D eigenvalue weighted by Gasteiger charge is 2.14. The van der Waals surface area contributed by atoms with E-state index in [0.717, 1.165) is 35.6 Å². The number of anilines is 1. The summed E-state index contributed by atoms with van der Waals surface area (Å²) in [6.45, 7) is 1.73. The second-order valence-corrected chi connectivity index (χ2v) is 5.13. The van der Waals surface area contributed by atoms with E-state index in [1.54, 1.807) is 17.7 Å². The van der Waals surface area contributed by atoms with E-state index in [2.05, 4.69) is 21.4 Å². The molecule has 17 heavy (non-hydrogen) atoms. The summed E-state index contributed by atoms with van der Waals surface area (Å²) in [5, 5.41) is 6.52. The molecule has 0 aliphatic carbocycles. The zero-order chi connectivity index (χ0) is 11.5.